The third-order valence-electron chi connectivity index (χ3n) is 6.99. The van der Waals surface area contributed by atoms with Crippen molar-refractivity contribution in [3.63, 3.8) is 0 Å². The maximum atomic E-state index is 14.1. The van der Waals surface area contributed by atoms with Gasteiger partial charge in [-0.05, 0) is 30.3 Å². The maximum Gasteiger partial charge on any atom is 0.263 e. The molecule has 0 unspecified atom stereocenters. The molecule has 2 aliphatic heterocycles. The standard InChI is InChI=1S/C27H29F2N5O6S/c1-32-8-2-3-21(27(32)36)26(35)31-23-16-20(41(37,38)34-11-13-39-14-12-34)17-30-25(23)33-9-6-19(7-10-33)40-24-5-4-18(28)15-22(24)29/h2-5,8,15-17,19H,6-7,9-14H2,1H3,(H,31,35). The second-order valence-electron chi connectivity index (χ2n) is 9.73. The predicted molar refractivity (Wildman–Crippen MR) is 146 cm³/mol. The van der Waals surface area contributed by atoms with Crippen molar-refractivity contribution in [3.05, 3.63) is 76.3 Å². The number of rotatable bonds is 7. The summed E-state index contributed by atoms with van der Waals surface area (Å²) in [6.45, 7) is 1.70. The number of hydrogen-bond donors (Lipinski definition) is 1. The number of carbonyl (C=O) groups is 1. The lowest BCUT2D eigenvalue weighted by molar-refractivity contribution is 0.0730. The molecule has 0 atom stereocenters. The Morgan fingerprint density at radius 3 is 2.54 bits per heavy atom. The highest BCUT2D eigenvalue weighted by Crippen LogP contribution is 2.31. The average Bonchev–Trinajstić information content (AvgIpc) is 2.97. The molecule has 1 amide bonds. The highest BCUT2D eigenvalue weighted by molar-refractivity contribution is 7.89. The molecular formula is C27H29F2N5O6S. The van der Waals surface area contributed by atoms with Gasteiger partial charge in [0.1, 0.15) is 22.4 Å². The predicted octanol–water partition coefficient (Wildman–Crippen LogP) is 2.38. The minimum Gasteiger partial charge on any atom is -0.487 e. The molecule has 0 radical (unpaired) electrons. The molecule has 4 heterocycles. The van der Waals surface area contributed by atoms with Gasteiger partial charge < -0.3 is 24.3 Å². The number of pyridine rings is 2. The van der Waals surface area contributed by atoms with E-state index >= 15 is 0 Å². The van der Waals surface area contributed by atoms with Crippen molar-refractivity contribution in [2.45, 2.75) is 23.8 Å². The molecule has 2 aliphatic rings. The molecule has 5 rings (SSSR count). The van der Waals surface area contributed by atoms with Crippen molar-refractivity contribution in [2.24, 2.45) is 7.05 Å². The van der Waals surface area contributed by atoms with Crippen LogP contribution in [0.25, 0.3) is 0 Å². The van der Waals surface area contributed by atoms with Crippen LogP contribution in [0.1, 0.15) is 23.2 Å². The van der Waals surface area contributed by atoms with E-state index in [0.29, 0.717) is 31.7 Å². The highest BCUT2D eigenvalue weighted by Gasteiger charge is 2.30. The number of halogens is 2. The van der Waals surface area contributed by atoms with E-state index in [2.05, 4.69) is 10.3 Å². The fraction of sp³-hybridized carbons (Fsp3) is 0.370. The number of nitrogens with one attached hydrogen (secondary N) is 1. The van der Waals surface area contributed by atoms with Gasteiger partial charge in [-0.15, -0.1) is 0 Å². The second kappa shape index (κ2) is 11.9. The molecule has 14 heteroatoms. The number of piperidine rings is 1. The molecule has 3 aromatic rings. The normalized spacial score (nSPS) is 16.9. The molecule has 0 spiro atoms. The van der Waals surface area contributed by atoms with Crippen molar-refractivity contribution in [1.82, 2.24) is 13.9 Å². The SMILES string of the molecule is Cn1cccc(C(=O)Nc2cc(S(=O)(=O)N3CCOCC3)cnc2N2CCC(Oc3ccc(F)cc3F)CC2)c1=O. The second-order valence-corrected chi connectivity index (χ2v) is 11.7. The molecule has 1 N–H and O–H groups in total. The van der Waals surface area contributed by atoms with Crippen molar-refractivity contribution < 1.29 is 31.5 Å². The van der Waals surface area contributed by atoms with Gasteiger partial charge in [-0.1, -0.05) is 0 Å². The number of amides is 1. The van der Waals surface area contributed by atoms with Crippen LogP contribution in [0.15, 0.2) is 58.5 Å². The average molecular weight is 590 g/mol. The third-order valence-corrected chi connectivity index (χ3v) is 8.86. The summed E-state index contributed by atoms with van der Waals surface area (Å²) in [5.74, 6) is -1.92. The number of anilines is 2. The third kappa shape index (κ3) is 6.24. The van der Waals surface area contributed by atoms with Gasteiger partial charge in [0, 0.05) is 64.5 Å². The van der Waals surface area contributed by atoms with Crippen LogP contribution in [0.4, 0.5) is 20.3 Å². The molecule has 2 fully saturated rings. The Bertz CT molecular complexity index is 1600. The molecule has 1 aromatic carbocycles. The number of sulfonamides is 1. The summed E-state index contributed by atoms with van der Waals surface area (Å²) in [7, 11) is -2.41. The van der Waals surface area contributed by atoms with Crippen molar-refractivity contribution >= 4 is 27.4 Å². The van der Waals surface area contributed by atoms with Gasteiger partial charge in [-0.2, -0.15) is 4.31 Å². The first kappa shape index (κ1) is 28.6. The zero-order chi connectivity index (χ0) is 29.1. The summed E-state index contributed by atoms with van der Waals surface area (Å²) >= 11 is 0. The van der Waals surface area contributed by atoms with E-state index in [4.69, 9.17) is 9.47 Å². The fourth-order valence-electron chi connectivity index (χ4n) is 4.76. The minimum absolute atomic E-state index is 0.0435. The number of aryl methyl sites for hydroxylation is 1. The van der Waals surface area contributed by atoms with Crippen LogP contribution in [-0.4, -0.2) is 73.7 Å². The molecule has 0 bridgehead atoms. The maximum absolute atomic E-state index is 14.1. The number of nitrogens with zero attached hydrogens (tertiary/aromatic N) is 4. The zero-order valence-corrected chi connectivity index (χ0v) is 23.1. The molecule has 2 saturated heterocycles. The Morgan fingerprint density at radius 2 is 1.83 bits per heavy atom. The number of morpholine rings is 1. The van der Waals surface area contributed by atoms with Crippen LogP contribution in [0.5, 0.6) is 5.75 Å². The largest absolute Gasteiger partial charge is 0.487 e. The minimum atomic E-state index is -3.92. The number of carbonyl (C=O) groups excluding carboxylic acids is 1. The molecule has 0 aliphatic carbocycles. The summed E-state index contributed by atoms with van der Waals surface area (Å²) in [5.41, 5.74) is -0.502. The molecule has 218 valence electrons. The Balaban J connectivity index is 1.40. The first-order chi connectivity index (χ1) is 19.6. The highest BCUT2D eigenvalue weighted by atomic mass is 32.2. The van der Waals surface area contributed by atoms with E-state index in [1.807, 2.05) is 4.90 Å². The lowest BCUT2D eigenvalue weighted by atomic mass is 10.1. The van der Waals surface area contributed by atoms with E-state index in [1.165, 1.54) is 46.5 Å². The van der Waals surface area contributed by atoms with E-state index in [1.54, 1.807) is 6.07 Å². The Kier molecular flexibility index (Phi) is 8.33. The smallest absolute Gasteiger partial charge is 0.263 e. The van der Waals surface area contributed by atoms with Crippen LogP contribution in [0.2, 0.25) is 0 Å². The quantitative estimate of drug-likeness (QED) is 0.446. The van der Waals surface area contributed by atoms with Gasteiger partial charge >= 0.3 is 0 Å². The van der Waals surface area contributed by atoms with Gasteiger partial charge in [0.2, 0.25) is 10.0 Å². The van der Waals surface area contributed by atoms with Gasteiger partial charge in [-0.25, -0.2) is 22.2 Å². The van der Waals surface area contributed by atoms with Crippen molar-refractivity contribution in [1.29, 1.82) is 0 Å². The Morgan fingerprint density at radius 1 is 1.10 bits per heavy atom. The molecule has 0 saturated carbocycles. The molecule has 11 nitrogen and oxygen atoms in total. The molecule has 41 heavy (non-hydrogen) atoms. The Labute approximate surface area is 235 Å². The number of benzene rings is 1. The number of aromatic nitrogens is 2. The van der Waals surface area contributed by atoms with E-state index < -0.39 is 33.1 Å². The Hall–Kier alpha value is -3.88. The van der Waals surface area contributed by atoms with E-state index in [-0.39, 0.29) is 54.3 Å². The monoisotopic (exact) mass is 589 g/mol. The number of ether oxygens (including phenoxy) is 2. The summed E-state index contributed by atoms with van der Waals surface area (Å²) in [4.78, 5) is 31.9. The van der Waals surface area contributed by atoms with Crippen molar-refractivity contribution in [2.75, 3.05) is 49.6 Å². The fourth-order valence-corrected chi connectivity index (χ4v) is 6.14. The summed E-state index contributed by atoms with van der Waals surface area (Å²) in [6, 6.07) is 7.41. The van der Waals surface area contributed by atoms with Crippen LogP contribution in [-0.2, 0) is 21.8 Å². The van der Waals surface area contributed by atoms with Gasteiger partial charge in [0.05, 0.1) is 18.9 Å². The van der Waals surface area contributed by atoms with Crippen LogP contribution in [0.3, 0.4) is 0 Å². The molecular weight excluding hydrogens is 560 g/mol. The van der Waals surface area contributed by atoms with E-state index in [0.717, 1.165) is 12.1 Å². The zero-order valence-electron chi connectivity index (χ0n) is 22.3. The number of hydrogen-bond acceptors (Lipinski definition) is 8. The van der Waals surface area contributed by atoms with Gasteiger partial charge in [0.15, 0.2) is 17.4 Å². The first-order valence-electron chi connectivity index (χ1n) is 13.0. The summed E-state index contributed by atoms with van der Waals surface area (Å²) < 4.78 is 67.5. The van der Waals surface area contributed by atoms with Crippen LogP contribution >= 0.6 is 0 Å². The van der Waals surface area contributed by atoms with E-state index in [9.17, 15) is 26.8 Å². The van der Waals surface area contributed by atoms with Gasteiger partial charge in [-0.3, -0.25) is 9.59 Å². The topological polar surface area (TPSA) is 123 Å². The van der Waals surface area contributed by atoms with Crippen LogP contribution in [0, 0.1) is 11.6 Å². The first-order valence-corrected chi connectivity index (χ1v) is 14.5. The van der Waals surface area contributed by atoms with Crippen LogP contribution < -0.4 is 20.5 Å². The van der Waals surface area contributed by atoms with Crippen molar-refractivity contribution in [3.8, 4) is 5.75 Å². The summed E-state index contributed by atoms with van der Waals surface area (Å²) in [5, 5.41) is 2.69. The lowest BCUT2D eigenvalue weighted by Gasteiger charge is -2.34. The lowest BCUT2D eigenvalue weighted by Crippen LogP contribution is -2.41. The van der Waals surface area contributed by atoms with Gasteiger partial charge in [0.25, 0.3) is 11.5 Å². The summed E-state index contributed by atoms with van der Waals surface area (Å²) in [6.07, 6.45) is 3.33. The molecule has 2 aromatic heterocycles.